The molecule has 104 valence electrons. The second-order valence-corrected chi connectivity index (χ2v) is 4.88. The number of primary amides is 1. The van der Waals surface area contributed by atoms with Crippen molar-refractivity contribution in [3.8, 4) is 0 Å². The van der Waals surface area contributed by atoms with Gasteiger partial charge in [-0.3, -0.25) is 9.69 Å². The molecule has 1 aliphatic heterocycles. The first kappa shape index (κ1) is 13.8. The lowest BCUT2D eigenvalue weighted by Crippen LogP contribution is -2.51. The fourth-order valence-corrected chi connectivity index (χ4v) is 2.26. The Hall–Kier alpha value is -1.66. The monoisotopic (exact) mass is 263 g/mol. The van der Waals surface area contributed by atoms with Crippen LogP contribution in [0.3, 0.4) is 0 Å². The average molecular weight is 263 g/mol. The number of hydrogen-bond donors (Lipinski definition) is 2. The van der Waals surface area contributed by atoms with Crippen molar-refractivity contribution in [1.29, 1.82) is 0 Å². The summed E-state index contributed by atoms with van der Waals surface area (Å²) in [4.78, 5) is 19.9. The maximum absolute atomic E-state index is 11.0. The van der Waals surface area contributed by atoms with Crippen molar-refractivity contribution in [3.05, 3.63) is 23.9 Å². The lowest BCUT2D eigenvalue weighted by atomic mass is 10.2. The highest BCUT2D eigenvalue weighted by atomic mass is 16.1. The molecule has 1 amide bonds. The quantitative estimate of drug-likeness (QED) is 0.775. The maximum atomic E-state index is 11.0. The Labute approximate surface area is 113 Å². The molecule has 0 radical (unpaired) electrons. The summed E-state index contributed by atoms with van der Waals surface area (Å²) < 4.78 is 0. The normalized spacial score (nSPS) is 18.3. The van der Waals surface area contributed by atoms with Gasteiger partial charge in [-0.25, -0.2) is 4.98 Å². The molecule has 1 saturated heterocycles. The molecule has 1 aliphatic rings. The molecule has 0 aliphatic carbocycles. The summed E-state index contributed by atoms with van der Waals surface area (Å²) in [5, 5.41) is 0. The third-order valence-electron chi connectivity index (χ3n) is 3.64. The van der Waals surface area contributed by atoms with Crippen molar-refractivity contribution in [2.75, 3.05) is 37.6 Å². The van der Waals surface area contributed by atoms with Crippen LogP contribution in [-0.2, 0) is 0 Å². The Kier molecular flexibility index (Phi) is 4.34. The van der Waals surface area contributed by atoms with E-state index in [1.165, 1.54) is 6.20 Å². The molecule has 1 aromatic heterocycles. The van der Waals surface area contributed by atoms with Gasteiger partial charge in [-0.15, -0.1) is 0 Å². The van der Waals surface area contributed by atoms with Crippen LogP contribution in [0.4, 0.5) is 5.82 Å². The van der Waals surface area contributed by atoms with Crippen molar-refractivity contribution < 1.29 is 4.79 Å². The molecule has 1 atom stereocenters. The number of rotatable bonds is 4. The number of hydrogen-bond acceptors (Lipinski definition) is 5. The minimum atomic E-state index is -0.444. The molecule has 0 spiro atoms. The van der Waals surface area contributed by atoms with E-state index in [-0.39, 0.29) is 0 Å². The Bertz CT molecular complexity index is 425. The van der Waals surface area contributed by atoms with Crippen LogP contribution in [0.2, 0.25) is 0 Å². The van der Waals surface area contributed by atoms with Crippen LogP contribution in [0, 0.1) is 0 Å². The highest BCUT2D eigenvalue weighted by Gasteiger charge is 2.21. The van der Waals surface area contributed by atoms with Crippen LogP contribution in [0.5, 0.6) is 0 Å². The summed E-state index contributed by atoms with van der Waals surface area (Å²) in [6.07, 6.45) is 1.53. The SMILES string of the molecule is CC(CN)N1CCN(c2ccc(C(N)=O)cn2)CC1. The first-order chi connectivity index (χ1) is 9.11. The highest BCUT2D eigenvalue weighted by Crippen LogP contribution is 2.14. The summed E-state index contributed by atoms with van der Waals surface area (Å²) in [6.45, 7) is 6.65. The Morgan fingerprint density at radius 3 is 2.53 bits per heavy atom. The van der Waals surface area contributed by atoms with Gasteiger partial charge < -0.3 is 16.4 Å². The summed E-state index contributed by atoms with van der Waals surface area (Å²) >= 11 is 0. The summed E-state index contributed by atoms with van der Waals surface area (Å²) in [5.41, 5.74) is 11.3. The van der Waals surface area contributed by atoms with Gasteiger partial charge in [0.1, 0.15) is 5.82 Å². The van der Waals surface area contributed by atoms with Gasteiger partial charge in [-0.1, -0.05) is 0 Å². The van der Waals surface area contributed by atoms with Crippen LogP contribution < -0.4 is 16.4 Å². The minimum absolute atomic E-state index is 0.423. The standard InChI is InChI=1S/C13H21N5O/c1-10(8-14)17-4-6-18(7-5-17)12-3-2-11(9-16-12)13(15)19/h2-3,9-10H,4-8,14H2,1H3,(H2,15,19). The number of carbonyl (C=O) groups excluding carboxylic acids is 1. The zero-order chi connectivity index (χ0) is 13.8. The molecule has 0 aromatic carbocycles. The van der Waals surface area contributed by atoms with E-state index in [4.69, 9.17) is 11.5 Å². The predicted octanol–water partition coefficient (Wildman–Crippen LogP) is -0.350. The Morgan fingerprint density at radius 1 is 1.37 bits per heavy atom. The number of aromatic nitrogens is 1. The lowest BCUT2D eigenvalue weighted by Gasteiger charge is -2.38. The van der Waals surface area contributed by atoms with Gasteiger partial charge in [-0.2, -0.15) is 0 Å². The van der Waals surface area contributed by atoms with Gasteiger partial charge in [0.25, 0.3) is 0 Å². The van der Waals surface area contributed by atoms with Crippen molar-refractivity contribution in [2.24, 2.45) is 11.5 Å². The lowest BCUT2D eigenvalue weighted by molar-refractivity contribution is 0.1000. The summed E-state index contributed by atoms with van der Waals surface area (Å²) in [6, 6.07) is 3.99. The topological polar surface area (TPSA) is 88.5 Å². The van der Waals surface area contributed by atoms with Crippen molar-refractivity contribution in [2.45, 2.75) is 13.0 Å². The van der Waals surface area contributed by atoms with Gasteiger partial charge in [0, 0.05) is 45.0 Å². The first-order valence-corrected chi connectivity index (χ1v) is 6.56. The van der Waals surface area contributed by atoms with Crippen molar-refractivity contribution >= 4 is 11.7 Å². The van der Waals surface area contributed by atoms with E-state index < -0.39 is 5.91 Å². The van der Waals surface area contributed by atoms with E-state index in [1.807, 2.05) is 6.07 Å². The molecule has 1 unspecified atom stereocenters. The third kappa shape index (κ3) is 3.21. The van der Waals surface area contributed by atoms with Gasteiger partial charge in [-0.05, 0) is 19.1 Å². The molecular formula is C13H21N5O. The molecule has 0 bridgehead atoms. The van der Waals surface area contributed by atoms with Crippen LogP contribution in [0.25, 0.3) is 0 Å². The molecule has 1 fully saturated rings. The van der Waals surface area contributed by atoms with Crippen LogP contribution in [-0.4, -0.2) is 54.6 Å². The molecular weight excluding hydrogens is 242 g/mol. The Morgan fingerprint density at radius 2 is 2.05 bits per heavy atom. The molecule has 2 rings (SSSR count). The van der Waals surface area contributed by atoms with Gasteiger partial charge in [0.05, 0.1) is 5.56 Å². The fraction of sp³-hybridized carbons (Fsp3) is 0.538. The number of carbonyl (C=O) groups is 1. The first-order valence-electron chi connectivity index (χ1n) is 6.56. The zero-order valence-electron chi connectivity index (χ0n) is 11.2. The second kappa shape index (κ2) is 5.99. The van der Waals surface area contributed by atoms with Gasteiger partial charge >= 0.3 is 0 Å². The van der Waals surface area contributed by atoms with E-state index >= 15 is 0 Å². The van der Waals surface area contributed by atoms with Crippen molar-refractivity contribution in [3.63, 3.8) is 0 Å². The second-order valence-electron chi connectivity index (χ2n) is 4.88. The average Bonchev–Trinajstić information content (AvgIpc) is 2.46. The fourth-order valence-electron chi connectivity index (χ4n) is 2.26. The molecule has 4 N–H and O–H groups in total. The Balaban J connectivity index is 1.96. The third-order valence-corrected chi connectivity index (χ3v) is 3.64. The number of pyridine rings is 1. The molecule has 2 heterocycles. The molecule has 0 saturated carbocycles. The van der Waals surface area contributed by atoms with E-state index in [0.29, 0.717) is 18.2 Å². The minimum Gasteiger partial charge on any atom is -0.366 e. The zero-order valence-corrected chi connectivity index (χ0v) is 11.2. The number of nitrogens with two attached hydrogens (primary N) is 2. The summed E-state index contributed by atoms with van der Waals surface area (Å²) in [5.74, 6) is 0.450. The number of nitrogens with zero attached hydrogens (tertiary/aromatic N) is 3. The largest absolute Gasteiger partial charge is 0.366 e. The smallest absolute Gasteiger partial charge is 0.250 e. The van der Waals surface area contributed by atoms with E-state index in [0.717, 1.165) is 32.0 Å². The molecule has 6 heteroatoms. The van der Waals surface area contributed by atoms with Crippen molar-refractivity contribution in [1.82, 2.24) is 9.88 Å². The number of anilines is 1. The van der Waals surface area contributed by atoms with Gasteiger partial charge in [0.15, 0.2) is 0 Å². The summed E-state index contributed by atoms with van der Waals surface area (Å²) in [7, 11) is 0. The van der Waals surface area contributed by atoms with Gasteiger partial charge in [0.2, 0.25) is 5.91 Å². The highest BCUT2D eigenvalue weighted by molar-refractivity contribution is 5.92. The van der Waals surface area contributed by atoms with E-state index in [2.05, 4.69) is 21.7 Å². The maximum Gasteiger partial charge on any atom is 0.250 e. The molecule has 19 heavy (non-hydrogen) atoms. The molecule has 6 nitrogen and oxygen atoms in total. The number of piperazine rings is 1. The van der Waals surface area contributed by atoms with E-state index in [1.54, 1.807) is 6.07 Å². The van der Waals surface area contributed by atoms with Crippen LogP contribution in [0.15, 0.2) is 18.3 Å². The van der Waals surface area contributed by atoms with Crippen LogP contribution in [0.1, 0.15) is 17.3 Å². The van der Waals surface area contributed by atoms with E-state index in [9.17, 15) is 4.79 Å². The molecule has 1 aromatic rings. The predicted molar refractivity (Wildman–Crippen MR) is 75.1 cm³/mol. The van der Waals surface area contributed by atoms with Crippen LogP contribution >= 0.6 is 0 Å². The number of amides is 1.